The number of aryl methyl sites for hydroxylation is 1. The molecule has 0 radical (unpaired) electrons. The standard InChI is InChI=1S/C15H15FN2O3S/c1-10-2-3-12(16)7-15(10)22(19,20)18-13-6-11-9-21-5-4-14(11)17-8-13/h2-3,6-8,18H,4-5,9H2,1H3. The van der Waals surface area contributed by atoms with Gasteiger partial charge in [0.05, 0.1) is 30.0 Å². The molecule has 1 aromatic heterocycles. The highest BCUT2D eigenvalue weighted by molar-refractivity contribution is 7.92. The van der Waals surface area contributed by atoms with E-state index in [9.17, 15) is 12.8 Å². The molecule has 5 nitrogen and oxygen atoms in total. The summed E-state index contributed by atoms with van der Waals surface area (Å²) >= 11 is 0. The summed E-state index contributed by atoms with van der Waals surface area (Å²) in [6, 6.07) is 5.37. The molecular weight excluding hydrogens is 307 g/mol. The minimum absolute atomic E-state index is 0.0820. The Morgan fingerprint density at radius 1 is 1.32 bits per heavy atom. The first-order chi connectivity index (χ1) is 10.5. The summed E-state index contributed by atoms with van der Waals surface area (Å²) in [5, 5.41) is 0. The summed E-state index contributed by atoms with van der Waals surface area (Å²) in [6.07, 6.45) is 2.18. The number of nitrogens with zero attached hydrogens (tertiary/aromatic N) is 1. The molecular formula is C15H15FN2O3S. The smallest absolute Gasteiger partial charge is 0.262 e. The molecule has 1 aliphatic rings. The van der Waals surface area contributed by atoms with Gasteiger partial charge in [0.15, 0.2) is 0 Å². The summed E-state index contributed by atoms with van der Waals surface area (Å²) in [7, 11) is -3.86. The van der Waals surface area contributed by atoms with E-state index in [-0.39, 0.29) is 4.90 Å². The van der Waals surface area contributed by atoms with Crippen molar-refractivity contribution in [2.24, 2.45) is 0 Å². The van der Waals surface area contributed by atoms with Crippen molar-refractivity contribution >= 4 is 15.7 Å². The van der Waals surface area contributed by atoms with Gasteiger partial charge in [-0.2, -0.15) is 0 Å². The molecule has 0 saturated heterocycles. The zero-order valence-electron chi connectivity index (χ0n) is 12.0. The van der Waals surface area contributed by atoms with Gasteiger partial charge in [0, 0.05) is 17.7 Å². The SMILES string of the molecule is Cc1ccc(F)cc1S(=O)(=O)Nc1cnc2c(c1)COCC2. The van der Waals surface area contributed by atoms with Gasteiger partial charge in [0.2, 0.25) is 0 Å². The fourth-order valence-corrected chi connectivity index (χ4v) is 3.66. The summed E-state index contributed by atoms with van der Waals surface area (Å²) in [5.74, 6) is -0.594. The first-order valence-corrected chi connectivity index (χ1v) is 8.28. The molecule has 1 N–H and O–H groups in total. The molecule has 1 aliphatic heterocycles. The number of anilines is 1. The Kier molecular flexibility index (Phi) is 3.84. The quantitative estimate of drug-likeness (QED) is 0.942. The van der Waals surface area contributed by atoms with Crippen molar-refractivity contribution in [3.05, 3.63) is 53.1 Å². The number of hydrogen-bond donors (Lipinski definition) is 1. The number of nitrogens with one attached hydrogen (secondary N) is 1. The number of fused-ring (bicyclic) bond motifs is 1. The minimum atomic E-state index is -3.86. The van der Waals surface area contributed by atoms with Gasteiger partial charge >= 0.3 is 0 Å². The van der Waals surface area contributed by atoms with Crippen LogP contribution in [0.15, 0.2) is 35.4 Å². The Hall–Kier alpha value is -1.99. The molecule has 22 heavy (non-hydrogen) atoms. The van der Waals surface area contributed by atoms with Gasteiger partial charge in [-0.05, 0) is 30.7 Å². The summed E-state index contributed by atoms with van der Waals surface area (Å²) in [6.45, 7) is 2.65. The maximum Gasteiger partial charge on any atom is 0.262 e. The molecule has 0 spiro atoms. The maximum atomic E-state index is 13.3. The highest BCUT2D eigenvalue weighted by atomic mass is 32.2. The Morgan fingerprint density at radius 3 is 2.95 bits per heavy atom. The molecule has 7 heteroatoms. The predicted molar refractivity (Wildman–Crippen MR) is 79.5 cm³/mol. The van der Waals surface area contributed by atoms with Gasteiger partial charge in [-0.1, -0.05) is 6.07 Å². The van der Waals surface area contributed by atoms with Crippen LogP contribution in [0.2, 0.25) is 0 Å². The second-order valence-electron chi connectivity index (χ2n) is 5.15. The van der Waals surface area contributed by atoms with Crippen LogP contribution in [0.1, 0.15) is 16.8 Å². The molecule has 0 aliphatic carbocycles. The van der Waals surface area contributed by atoms with E-state index in [0.717, 1.165) is 17.3 Å². The van der Waals surface area contributed by atoms with Crippen LogP contribution in [0, 0.1) is 12.7 Å². The number of benzene rings is 1. The predicted octanol–water partition coefficient (Wildman–Crippen LogP) is 2.40. The van der Waals surface area contributed by atoms with Gasteiger partial charge in [-0.25, -0.2) is 12.8 Å². The lowest BCUT2D eigenvalue weighted by Crippen LogP contribution is -2.17. The number of halogens is 1. The van der Waals surface area contributed by atoms with E-state index in [1.807, 2.05) is 0 Å². The highest BCUT2D eigenvalue weighted by Gasteiger charge is 2.19. The molecule has 0 atom stereocenters. The molecule has 116 valence electrons. The zero-order valence-corrected chi connectivity index (χ0v) is 12.8. The molecule has 0 fully saturated rings. The van der Waals surface area contributed by atoms with Crippen LogP contribution in [0.3, 0.4) is 0 Å². The third-order valence-electron chi connectivity index (χ3n) is 3.49. The van der Waals surface area contributed by atoms with Crippen molar-refractivity contribution < 1.29 is 17.5 Å². The second kappa shape index (κ2) is 5.66. The Bertz CT molecular complexity index is 822. The van der Waals surface area contributed by atoms with E-state index < -0.39 is 15.8 Å². The Labute approximate surface area is 128 Å². The van der Waals surface area contributed by atoms with Crippen molar-refractivity contribution in [1.29, 1.82) is 0 Å². The lowest BCUT2D eigenvalue weighted by atomic mass is 10.1. The van der Waals surface area contributed by atoms with E-state index in [0.29, 0.717) is 30.9 Å². The van der Waals surface area contributed by atoms with Crippen molar-refractivity contribution in [2.75, 3.05) is 11.3 Å². The normalized spacial score (nSPS) is 14.5. The van der Waals surface area contributed by atoms with Gasteiger partial charge in [0.1, 0.15) is 5.82 Å². The monoisotopic (exact) mass is 322 g/mol. The third-order valence-corrected chi connectivity index (χ3v) is 5.02. The van der Waals surface area contributed by atoms with E-state index >= 15 is 0 Å². The summed E-state index contributed by atoms with van der Waals surface area (Å²) < 4.78 is 45.9. The molecule has 2 heterocycles. The van der Waals surface area contributed by atoms with E-state index in [1.54, 1.807) is 13.0 Å². The van der Waals surface area contributed by atoms with Gasteiger partial charge in [-0.3, -0.25) is 9.71 Å². The summed E-state index contributed by atoms with van der Waals surface area (Å²) in [5.41, 5.74) is 2.59. The lowest BCUT2D eigenvalue weighted by Gasteiger charge is -2.17. The second-order valence-corrected chi connectivity index (χ2v) is 6.80. The van der Waals surface area contributed by atoms with Gasteiger partial charge < -0.3 is 4.74 Å². The number of aromatic nitrogens is 1. The third kappa shape index (κ3) is 2.95. The molecule has 0 bridgehead atoms. The van der Waals surface area contributed by atoms with Crippen LogP contribution >= 0.6 is 0 Å². The van der Waals surface area contributed by atoms with Crippen LogP contribution in [-0.4, -0.2) is 20.0 Å². The number of ether oxygens (including phenoxy) is 1. The number of pyridine rings is 1. The van der Waals surface area contributed by atoms with Crippen molar-refractivity contribution in [1.82, 2.24) is 4.98 Å². The first-order valence-electron chi connectivity index (χ1n) is 6.80. The average molecular weight is 322 g/mol. The van der Waals surface area contributed by atoms with Crippen molar-refractivity contribution in [3.63, 3.8) is 0 Å². The van der Waals surface area contributed by atoms with Crippen LogP contribution in [0.4, 0.5) is 10.1 Å². The molecule has 0 unspecified atom stereocenters. The van der Waals surface area contributed by atoms with Crippen LogP contribution in [0.5, 0.6) is 0 Å². The average Bonchev–Trinajstić information content (AvgIpc) is 2.49. The lowest BCUT2D eigenvalue weighted by molar-refractivity contribution is 0.109. The van der Waals surface area contributed by atoms with E-state index in [4.69, 9.17) is 4.74 Å². The van der Waals surface area contributed by atoms with Crippen LogP contribution in [-0.2, 0) is 27.8 Å². The number of hydrogen-bond acceptors (Lipinski definition) is 4. The van der Waals surface area contributed by atoms with Gasteiger partial charge in [-0.15, -0.1) is 0 Å². The minimum Gasteiger partial charge on any atom is -0.376 e. The van der Waals surface area contributed by atoms with E-state index in [2.05, 4.69) is 9.71 Å². The van der Waals surface area contributed by atoms with Crippen LogP contribution < -0.4 is 4.72 Å². The fraction of sp³-hybridized carbons (Fsp3) is 0.267. The van der Waals surface area contributed by atoms with Crippen LogP contribution in [0.25, 0.3) is 0 Å². The number of rotatable bonds is 3. The Balaban J connectivity index is 1.93. The largest absolute Gasteiger partial charge is 0.376 e. The Morgan fingerprint density at radius 2 is 2.14 bits per heavy atom. The highest BCUT2D eigenvalue weighted by Crippen LogP contribution is 2.23. The molecule has 3 rings (SSSR count). The maximum absolute atomic E-state index is 13.3. The molecule has 2 aromatic rings. The van der Waals surface area contributed by atoms with E-state index in [1.165, 1.54) is 18.3 Å². The topological polar surface area (TPSA) is 68.3 Å². The first kappa shape index (κ1) is 14.9. The van der Waals surface area contributed by atoms with Crippen molar-refractivity contribution in [3.8, 4) is 0 Å². The van der Waals surface area contributed by atoms with Gasteiger partial charge in [0.25, 0.3) is 10.0 Å². The molecule has 0 amide bonds. The summed E-state index contributed by atoms with van der Waals surface area (Å²) in [4.78, 5) is 4.17. The zero-order chi connectivity index (χ0) is 15.7. The molecule has 1 aromatic carbocycles. The molecule has 0 saturated carbocycles. The number of sulfonamides is 1. The van der Waals surface area contributed by atoms with Crippen molar-refractivity contribution in [2.45, 2.75) is 24.8 Å². The fourth-order valence-electron chi connectivity index (χ4n) is 2.37.